The summed E-state index contributed by atoms with van der Waals surface area (Å²) >= 11 is 0. The minimum atomic E-state index is -0.880. The van der Waals surface area contributed by atoms with Crippen LogP contribution >= 0.6 is 0 Å². The third-order valence-electron chi connectivity index (χ3n) is 6.57. The van der Waals surface area contributed by atoms with Gasteiger partial charge in [-0.1, -0.05) is 74.6 Å². The SMILES string of the molecule is CCCCCCCN(C(=O)C(C)NC(=O)OC(C)(C)C)C(C(=O)Nc1ccccc1C)c1ccc(C)cc1C. The van der Waals surface area contributed by atoms with E-state index in [9.17, 15) is 14.4 Å². The molecule has 0 saturated heterocycles. The lowest BCUT2D eigenvalue weighted by Gasteiger charge is -2.34. The van der Waals surface area contributed by atoms with Crippen LogP contribution in [0.5, 0.6) is 0 Å². The summed E-state index contributed by atoms with van der Waals surface area (Å²) in [6.07, 6.45) is 4.34. The highest BCUT2D eigenvalue weighted by atomic mass is 16.6. The Morgan fingerprint density at radius 2 is 1.59 bits per heavy atom. The van der Waals surface area contributed by atoms with Gasteiger partial charge in [0.2, 0.25) is 5.91 Å². The van der Waals surface area contributed by atoms with E-state index < -0.39 is 23.8 Å². The Hall–Kier alpha value is -3.35. The van der Waals surface area contributed by atoms with Crippen molar-refractivity contribution in [3.8, 4) is 0 Å². The van der Waals surface area contributed by atoms with Crippen LogP contribution in [0.25, 0.3) is 0 Å². The fraction of sp³-hybridized carbons (Fsp3) is 0.531. The first-order valence-electron chi connectivity index (χ1n) is 14.1. The summed E-state index contributed by atoms with van der Waals surface area (Å²) in [7, 11) is 0. The molecule has 2 aromatic rings. The molecule has 39 heavy (non-hydrogen) atoms. The number of alkyl carbamates (subject to hydrolysis) is 1. The van der Waals surface area contributed by atoms with Crippen LogP contribution in [0.2, 0.25) is 0 Å². The number of benzene rings is 2. The summed E-state index contributed by atoms with van der Waals surface area (Å²) in [4.78, 5) is 42.1. The number of hydrogen-bond acceptors (Lipinski definition) is 4. The number of nitrogens with zero attached hydrogens (tertiary/aromatic N) is 1. The van der Waals surface area contributed by atoms with Crippen molar-refractivity contribution in [1.29, 1.82) is 0 Å². The van der Waals surface area contributed by atoms with Gasteiger partial charge in [0.1, 0.15) is 17.7 Å². The predicted octanol–water partition coefficient (Wildman–Crippen LogP) is 7.00. The average Bonchev–Trinajstić information content (AvgIpc) is 2.83. The van der Waals surface area contributed by atoms with E-state index in [2.05, 4.69) is 17.6 Å². The first kappa shape index (κ1) is 31.9. The number of aryl methyl sites for hydroxylation is 3. The topological polar surface area (TPSA) is 87.7 Å². The van der Waals surface area contributed by atoms with Crippen molar-refractivity contribution < 1.29 is 19.1 Å². The maximum absolute atomic E-state index is 14.0. The molecular formula is C32H47N3O4. The van der Waals surface area contributed by atoms with Crippen molar-refractivity contribution in [2.45, 2.75) is 105 Å². The number of carbonyl (C=O) groups excluding carboxylic acids is 3. The summed E-state index contributed by atoms with van der Waals surface area (Å²) < 4.78 is 5.38. The monoisotopic (exact) mass is 537 g/mol. The van der Waals surface area contributed by atoms with Gasteiger partial charge in [-0.05, 0) is 77.6 Å². The Kier molecular flexibility index (Phi) is 12.0. The van der Waals surface area contributed by atoms with Crippen LogP contribution in [-0.4, -0.2) is 41.0 Å². The number of rotatable bonds is 12. The number of hydrogen-bond donors (Lipinski definition) is 2. The summed E-state index contributed by atoms with van der Waals surface area (Å²) in [5.74, 6) is -0.621. The number of ether oxygens (including phenoxy) is 1. The lowest BCUT2D eigenvalue weighted by molar-refractivity contribution is -0.140. The van der Waals surface area contributed by atoms with Gasteiger partial charge in [0.15, 0.2) is 0 Å². The molecule has 2 aromatic carbocycles. The minimum absolute atomic E-state index is 0.289. The molecule has 7 heteroatoms. The van der Waals surface area contributed by atoms with Crippen LogP contribution < -0.4 is 10.6 Å². The Morgan fingerprint density at radius 3 is 2.21 bits per heavy atom. The Balaban J connectivity index is 2.47. The summed E-state index contributed by atoms with van der Waals surface area (Å²) in [5.41, 5.74) is 3.71. The van der Waals surface area contributed by atoms with E-state index in [4.69, 9.17) is 4.74 Å². The molecule has 214 valence electrons. The molecule has 2 atom stereocenters. The number of para-hydroxylation sites is 1. The number of unbranched alkanes of at least 4 members (excludes halogenated alkanes) is 4. The third kappa shape index (κ3) is 10.0. The summed E-state index contributed by atoms with van der Waals surface area (Å²) in [5, 5.41) is 5.73. The molecule has 0 radical (unpaired) electrons. The Morgan fingerprint density at radius 1 is 0.923 bits per heavy atom. The van der Waals surface area contributed by atoms with E-state index in [1.807, 2.05) is 63.2 Å². The molecule has 0 saturated carbocycles. The van der Waals surface area contributed by atoms with Crippen molar-refractivity contribution in [2.75, 3.05) is 11.9 Å². The molecule has 3 amide bonds. The van der Waals surface area contributed by atoms with Crippen LogP contribution in [0, 0.1) is 20.8 Å². The highest BCUT2D eigenvalue weighted by molar-refractivity contribution is 5.99. The minimum Gasteiger partial charge on any atom is -0.444 e. The van der Waals surface area contributed by atoms with E-state index >= 15 is 0 Å². The van der Waals surface area contributed by atoms with Gasteiger partial charge in [0.05, 0.1) is 0 Å². The number of carbonyl (C=O) groups is 3. The lowest BCUT2D eigenvalue weighted by atomic mass is 9.96. The fourth-order valence-electron chi connectivity index (χ4n) is 4.54. The van der Waals surface area contributed by atoms with Gasteiger partial charge < -0.3 is 20.3 Å². The molecule has 0 spiro atoms. The van der Waals surface area contributed by atoms with Crippen LogP contribution in [0.15, 0.2) is 42.5 Å². The molecule has 2 N–H and O–H groups in total. The smallest absolute Gasteiger partial charge is 0.408 e. The van der Waals surface area contributed by atoms with Gasteiger partial charge >= 0.3 is 6.09 Å². The maximum Gasteiger partial charge on any atom is 0.408 e. The van der Waals surface area contributed by atoms with Crippen LogP contribution in [-0.2, 0) is 14.3 Å². The molecule has 0 aromatic heterocycles. The molecular weight excluding hydrogens is 490 g/mol. The third-order valence-corrected chi connectivity index (χ3v) is 6.57. The first-order valence-corrected chi connectivity index (χ1v) is 14.1. The molecule has 0 bridgehead atoms. The Bertz CT molecular complexity index is 1120. The largest absolute Gasteiger partial charge is 0.444 e. The molecule has 0 aliphatic rings. The quantitative estimate of drug-likeness (QED) is 0.285. The second kappa shape index (κ2) is 14.7. The predicted molar refractivity (Wildman–Crippen MR) is 158 cm³/mol. The molecule has 7 nitrogen and oxygen atoms in total. The second-order valence-electron chi connectivity index (χ2n) is 11.4. The van der Waals surface area contributed by atoms with Gasteiger partial charge in [0, 0.05) is 12.2 Å². The standard InChI is InChI=1S/C32H47N3O4/c1-9-10-11-12-15-20-35(30(37)25(5)33-31(38)39-32(6,7)8)28(26-19-18-22(2)21-24(26)4)29(36)34-27-17-14-13-16-23(27)3/h13-14,16-19,21,25,28H,9-12,15,20H2,1-8H3,(H,33,38)(H,34,36). The number of anilines is 1. The fourth-order valence-corrected chi connectivity index (χ4v) is 4.54. The summed E-state index contributed by atoms with van der Waals surface area (Å²) in [6, 6.07) is 11.7. The van der Waals surface area contributed by atoms with E-state index in [1.165, 1.54) is 0 Å². The van der Waals surface area contributed by atoms with Crippen molar-refractivity contribution in [1.82, 2.24) is 10.2 Å². The van der Waals surface area contributed by atoms with Gasteiger partial charge in [-0.15, -0.1) is 0 Å². The zero-order valence-electron chi connectivity index (χ0n) is 25.0. The van der Waals surface area contributed by atoms with E-state index in [-0.39, 0.29) is 11.8 Å². The zero-order chi connectivity index (χ0) is 29.2. The number of nitrogens with one attached hydrogen (secondary N) is 2. The van der Waals surface area contributed by atoms with Crippen molar-refractivity contribution in [2.24, 2.45) is 0 Å². The normalized spacial score (nSPS) is 12.8. The van der Waals surface area contributed by atoms with Gasteiger partial charge in [-0.3, -0.25) is 9.59 Å². The zero-order valence-corrected chi connectivity index (χ0v) is 25.0. The van der Waals surface area contributed by atoms with Gasteiger partial charge in [0.25, 0.3) is 5.91 Å². The molecule has 2 unspecified atom stereocenters. The molecule has 0 aliphatic carbocycles. The van der Waals surface area contributed by atoms with E-state index in [0.29, 0.717) is 12.2 Å². The van der Waals surface area contributed by atoms with Crippen molar-refractivity contribution in [3.05, 3.63) is 64.7 Å². The second-order valence-corrected chi connectivity index (χ2v) is 11.4. The molecule has 0 heterocycles. The van der Waals surface area contributed by atoms with Crippen molar-refractivity contribution in [3.63, 3.8) is 0 Å². The van der Waals surface area contributed by atoms with Crippen LogP contribution in [0.3, 0.4) is 0 Å². The van der Waals surface area contributed by atoms with E-state index in [1.54, 1.807) is 32.6 Å². The van der Waals surface area contributed by atoms with E-state index in [0.717, 1.165) is 54.4 Å². The maximum atomic E-state index is 14.0. The Labute approximate surface area is 234 Å². The first-order chi connectivity index (χ1) is 18.3. The molecule has 2 rings (SSSR count). The van der Waals surface area contributed by atoms with Crippen LogP contribution in [0.1, 0.15) is 95.0 Å². The highest BCUT2D eigenvalue weighted by Gasteiger charge is 2.35. The average molecular weight is 538 g/mol. The lowest BCUT2D eigenvalue weighted by Crippen LogP contribution is -2.51. The molecule has 0 fully saturated rings. The van der Waals surface area contributed by atoms with Crippen molar-refractivity contribution >= 4 is 23.6 Å². The van der Waals surface area contributed by atoms with Gasteiger partial charge in [-0.25, -0.2) is 4.79 Å². The summed E-state index contributed by atoms with van der Waals surface area (Å²) in [6.45, 7) is 15.4. The number of amides is 3. The van der Waals surface area contributed by atoms with Crippen LogP contribution in [0.4, 0.5) is 10.5 Å². The van der Waals surface area contributed by atoms with Gasteiger partial charge in [-0.2, -0.15) is 0 Å². The molecule has 0 aliphatic heterocycles. The highest BCUT2D eigenvalue weighted by Crippen LogP contribution is 2.29.